The van der Waals surface area contributed by atoms with Crippen LogP contribution in [0.25, 0.3) is 0 Å². The van der Waals surface area contributed by atoms with Crippen LogP contribution in [0.1, 0.15) is 24.7 Å². The van der Waals surface area contributed by atoms with Gasteiger partial charge in [-0.15, -0.1) is 13.2 Å². The number of halogens is 3. The Morgan fingerprint density at radius 2 is 2.00 bits per heavy atom. The van der Waals surface area contributed by atoms with Crippen LogP contribution >= 0.6 is 12.2 Å². The van der Waals surface area contributed by atoms with E-state index in [1.807, 2.05) is 6.92 Å². The average Bonchev–Trinajstić information content (AvgIpc) is 2.89. The van der Waals surface area contributed by atoms with Gasteiger partial charge in [0.25, 0.3) is 0 Å². The Balaban J connectivity index is 1.99. The van der Waals surface area contributed by atoms with Crippen LogP contribution in [-0.2, 0) is 24.3 Å². The summed E-state index contributed by atoms with van der Waals surface area (Å²) in [5, 5.41) is 6.79. The molecule has 0 saturated heterocycles. The molecule has 0 aliphatic carbocycles. The number of hydrogen-bond acceptors (Lipinski definition) is 4. The van der Waals surface area contributed by atoms with Crippen LogP contribution in [-0.4, -0.2) is 39.0 Å². The third-order valence-electron chi connectivity index (χ3n) is 3.61. The molecule has 1 amide bonds. The van der Waals surface area contributed by atoms with Crippen molar-refractivity contribution in [2.24, 2.45) is 0 Å². The number of carbonyl (C=O) groups is 1. The maximum absolute atomic E-state index is 12.4. The van der Waals surface area contributed by atoms with Gasteiger partial charge in [-0.25, -0.2) is 0 Å². The molecule has 0 atom stereocenters. The number of likely N-dealkylation sites (N-methyl/N-ethyl adjacent to an activating group) is 1. The average molecular weight is 388 g/mol. The molecule has 10 heteroatoms. The van der Waals surface area contributed by atoms with Gasteiger partial charge in [0, 0.05) is 20.0 Å². The number of nitrogens with zero attached hydrogens (tertiary/aromatic N) is 3. The molecule has 0 spiro atoms. The van der Waals surface area contributed by atoms with Gasteiger partial charge in [0.1, 0.15) is 18.1 Å². The second kappa shape index (κ2) is 8.35. The lowest BCUT2D eigenvalue weighted by Crippen LogP contribution is -2.30. The lowest BCUT2D eigenvalue weighted by atomic mass is 10.2. The molecule has 142 valence electrons. The third-order valence-corrected chi connectivity index (χ3v) is 3.92. The molecule has 6 nitrogen and oxygen atoms in total. The number of carbonyl (C=O) groups excluding carboxylic acids is 1. The van der Waals surface area contributed by atoms with E-state index in [9.17, 15) is 18.0 Å². The van der Waals surface area contributed by atoms with Crippen molar-refractivity contribution in [3.8, 4) is 5.75 Å². The Hall–Kier alpha value is -2.36. The Morgan fingerprint density at radius 3 is 2.58 bits per heavy atom. The monoisotopic (exact) mass is 388 g/mol. The number of rotatable bonds is 7. The van der Waals surface area contributed by atoms with E-state index < -0.39 is 6.36 Å². The highest BCUT2D eigenvalue weighted by atomic mass is 32.1. The molecule has 0 aliphatic heterocycles. The molecular weight excluding hydrogens is 369 g/mol. The van der Waals surface area contributed by atoms with Gasteiger partial charge in [0.2, 0.25) is 5.91 Å². The van der Waals surface area contributed by atoms with Gasteiger partial charge in [-0.1, -0.05) is 19.1 Å². The summed E-state index contributed by atoms with van der Waals surface area (Å²) >= 11 is 5.15. The fourth-order valence-corrected chi connectivity index (χ4v) is 2.56. The molecule has 0 bridgehead atoms. The number of ether oxygens (including phenoxy) is 1. The van der Waals surface area contributed by atoms with Gasteiger partial charge in [-0.05, 0) is 36.3 Å². The number of alkyl halides is 3. The Labute approximate surface area is 153 Å². The SMILES string of the molecule is CCCc1n[nH]c(=S)n1CC(=O)N(C)Cc1ccc(OC(F)(F)F)cc1. The molecule has 2 aromatic rings. The summed E-state index contributed by atoms with van der Waals surface area (Å²) in [6.45, 7) is 2.30. The van der Waals surface area contributed by atoms with Crippen molar-refractivity contribution in [2.45, 2.75) is 39.2 Å². The topological polar surface area (TPSA) is 63.2 Å². The van der Waals surface area contributed by atoms with Gasteiger partial charge < -0.3 is 9.64 Å². The van der Waals surface area contributed by atoms with Crippen molar-refractivity contribution >= 4 is 18.1 Å². The third kappa shape index (κ3) is 5.58. The Bertz CT molecular complexity index is 799. The van der Waals surface area contributed by atoms with Crippen molar-refractivity contribution in [3.63, 3.8) is 0 Å². The minimum Gasteiger partial charge on any atom is -0.406 e. The van der Waals surface area contributed by atoms with E-state index >= 15 is 0 Å². The lowest BCUT2D eigenvalue weighted by Gasteiger charge is -2.18. The van der Waals surface area contributed by atoms with E-state index in [2.05, 4.69) is 14.9 Å². The zero-order chi connectivity index (χ0) is 19.3. The summed E-state index contributed by atoms with van der Waals surface area (Å²) < 4.78 is 42.3. The molecule has 0 aliphatic rings. The van der Waals surface area contributed by atoms with Gasteiger partial charge >= 0.3 is 6.36 Å². The normalized spacial score (nSPS) is 11.4. The fraction of sp³-hybridized carbons (Fsp3) is 0.438. The Kier molecular flexibility index (Phi) is 6.41. The number of aryl methyl sites for hydroxylation is 1. The second-order valence-electron chi connectivity index (χ2n) is 5.72. The predicted octanol–water partition coefficient (Wildman–Crippen LogP) is 3.45. The first-order valence-corrected chi connectivity index (χ1v) is 8.33. The summed E-state index contributed by atoms with van der Waals surface area (Å²) in [6.07, 6.45) is -3.16. The standard InChI is InChI=1S/C16H19F3N4O2S/c1-3-4-13-20-21-15(26)23(13)10-14(24)22(2)9-11-5-7-12(8-6-11)25-16(17,18)19/h5-8H,3-4,9-10H2,1-2H3,(H,21,26). The first kappa shape index (κ1) is 20.0. The van der Waals surface area contributed by atoms with Crippen LogP contribution in [0.5, 0.6) is 5.75 Å². The summed E-state index contributed by atoms with van der Waals surface area (Å²) in [5.74, 6) is 0.229. The van der Waals surface area contributed by atoms with Gasteiger partial charge in [-0.2, -0.15) is 5.10 Å². The number of aromatic amines is 1. The molecule has 1 heterocycles. The highest BCUT2D eigenvalue weighted by Gasteiger charge is 2.30. The van der Waals surface area contributed by atoms with Crippen LogP contribution in [0, 0.1) is 4.77 Å². The van der Waals surface area contributed by atoms with Crippen LogP contribution in [0.4, 0.5) is 13.2 Å². The van der Waals surface area contributed by atoms with E-state index in [0.717, 1.165) is 6.42 Å². The van der Waals surface area contributed by atoms with Crippen LogP contribution in [0.2, 0.25) is 0 Å². The lowest BCUT2D eigenvalue weighted by molar-refractivity contribution is -0.274. The maximum atomic E-state index is 12.4. The molecule has 0 saturated carbocycles. The summed E-state index contributed by atoms with van der Waals surface area (Å²) in [4.78, 5) is 13.9. The van der Waals surface area contributed by atoms with Gasteiger partial charge in [0.15, 0.2) is 4.77 Å². The second-order valence-corrected chi connectivity index (χ2v) is 6.11. The van der Waals surface area contributed by atoms with Crippen molar-refractivity contribution in [1.29, 1.82) is 0 Å². The highest BCUT2D eigenvalue weighted by molar-refractivity contribution is 7.71. The number of benzene rings is 1. The summed E-state index contributed by atoms with van der Waals surface area (Å²) in [7, 11) is 1.62. The molecule has 0 radical (unpaired) electrons. The van der Waals surface area contributed by atoms with Crippen LogP contribution in [0.3, 0.4) is 0 Å². The quantitative estimate of drug-likeness (QED) is 0.738. The summed E-state index contributed by atoms with van der Waals surface area (Å²) in [6, 6.07) is 5.40. The van der Waals surface area contributed by atoms with Crippen molar-refractivity contribution < 1.29 is 22.7 Å². The smallest absolute Gasteiger partial charge is 0.406 e. The highest BCUT2D eigenvalue weighted by Crippen LogP contribution is 2.23. The van der Waals surface area contributed by atoms with E-state index in [1.165, 1.54) is 29.2 Å². The van der Waals surface area contributed by atoms with Crippen LogP contribution in [0.15, 0.2) is 24.3 Å². The minimum atomic E-state index is -4.73. The van der Waals surface area contributed by atoms with E-state index in [-0.39, 0.29) is 24.7 Å². The molecule has 1 aromatic heterocycles. The molecule has 1 N–H and O–H groups in total. The fourth-order valence-electron chi connectivity index (χ4n) is 2.34. The molecule has 0 unspecified atom stereocenters. The largest absolute Gasteiger partial charge is 0.573 e. The minimum absolute atomic E-state index is 0.0520. The summed E-state index contributed by atoms with van der Waals surface area (Å²) in [5.41, 5.74) is 0.681. The number of amides is 1. The predicted molar refractivity (Wildman–Crippen MR) is 91.0 cm³/mol. The van der Waals surface area contributed by atoms with Crippen molar-refractivity contribution in [3.05, 3.63) is 40.4 Å². The van der Waals surface area contributed by atoms with Crippen molar-refractivity contribution in [1.82, 2.24) is 19.7 Å². The molecule has 0 fully saturated rings. The van der Waals surface area contributed by atoms with Gasteiger partial charge in [0.05, 0.1) is 0 Å². The molecule has 1 aromatic carbocycles. The molecule has 2 rings (SSSR count). The molecule has 26 heavy (non-hydrogen) atoms. The van der Waals surface area contributed by atoms with E-state index in [0.29, 0.717) is 22.6 Å². The first-order chi connectivity index (χ1) is 12.2. The number of hydrogen-bond donors (Lipinski definition) is 1. The number of nitrogens with one attached hydrogen (secondary N) is 1. The molecular formula is C16H19F3N4O2S. The maximum Gasteiger partial charge on any atom is 0.573 e. The van der Waals surface area contributed by atoms with Crippen LogP contribution < -0.4 is 4.74 Å². The van der Waals surface area contributed by atoms with Gasteiger partial charge in [-0.3, -0.25) is 14.5 Å². The number of aromatic nitrogens is 3. The van der Waals surface area contributed by atoms with Crippen molar-refractivity contribution in [2.75, 3.05) is 7.05 Å². The van der Waals surface area contributed by atoms with E-state index in [1.54, 1.807) is 11.6 Å². The zero-order valence-corrected chi connectivity index (χ0v) is 15.2. The number of H-pyrrole nitrogens is 1. The van der Waals surface area contributed by atoms with E-state index in [4.69, 9.17) is 12.2 Å². The Morgan fingerprint density at radius 1 is 1.35 bits per heavy atom. The first-order valence-electron chi connectivity index (χ1n) is 7.92. The zero-order valence-electron chi connectivity index (χ0n) is 14.3.